The molecule has 0 saturated heterocycles. The lowest BCUT2D eigenvalue weighted by atomic mass is 10.1. The Morgan fingerprint density at radius 3 is 2.23 bits per heavy atom. The van der Waals surface area contributed by atoms with E-state index in [0.29, 0.717) is 33.3 Å². The van der Waals surface area contributed by atoms with Gasteiger partial charge in [-0.05, 0) is 63.4 Å². The lowest BCUT2D eigenvalue weighted by Crippen LogP contribution is -2.55. The fourth-order valence-electron chi connectivity index (χ4n) is 3.64. The number of sulfonamides is 1. The quantitative estimate of drug-likeness (QED) is 0.494. The first kappa shape index (κ1) is 28.9. The van der Waals surface area contributed by atoms with Crippen molar-refractivity contribution in [2.45, 2.75) is 59.2 Å². The van der Waals surface area contributed by atoms with Crippen LogP contribution in [0.2, 0.25) is 10.0 Å². The van der Waals surface area contributed by atoms with Crippen LogP contribution in [0.3, 0.4) is 0 Å². The van der Waals surface area contributed by atoms with E-state index in [9.17, 15) is 18.0 Å². The van der Waals surface area contributed by atoms with Crippen molar-refractivity contribution in [2.75, 3.05) is 17.1 Å². The highest BCUT2D eigenvalue weighted by molar-refractivity contribution is 7.92. The van der Waals surface area contributed by atoms with Gasteiger partial charge < -0.3 is 10.2 Å². The van der Waals surface area contributed by atoms with Crippen molar-refractivity contribution in [1.29, 1.82) is 0 Å². The lowest BCUT2D eigenvalue weighted by molar-refractivity contribution is -0.141. The smallest absolute Gasteiger partial charge is 0.244 e. The molecule has 0 aliphatic rings. The highest BCUT2D eigenvalue weighted by Gasteiger charge is 2.33. The summed E-state index contributed by atoms with van der Waals surface area (Å²) in [5, 5.41) is 3.71. The molecule has 0 unspecified atom stereocenters. The summed E-state index contributed by atoms with van der Waals surface area (Å²) in [6.07, 6.45) is 1.37. The summed E-state index contributed by atoms with van der Waals surface area (Å²) >= 11 is 12.4. The molecule has 1 N–H and O–H groups in total. The van der Waals surface area contributed by atoms with Gasteiger partial charge in [-0.15, -0.1) is 0 Å². The largest absolute Gasteiger partial charge is 0.350 e. The maximum Gasteiger partial charge on any atom is 0.244 e. The number of aryl methyl sites for hydroxylation is 1. The Hall–Kier alpha value is -2.29. The molecule has 0 aliphatic carbocycles. The van der Waals surface area contributed by atoms with Crippen molar-refractivity contribution in [1.82, 2.24) is 10.2 Å². The molecule has 2 aromatic rings. The molecule has 10 heteroatoms. The minimum atomic E-state index is -3.80. The highest BCUT2D eigenvalue weighted by atomic mass is 35.5. The summed E-state index contributed by atoms with van der Waals surface area (Å²) in [4.78, 5) is 28.3. The third kappa shape index (κ3) is 8.12. The molecule has 0 spiro atoms. The van der Waals surface area contributed by atoms with Gasteiger partial charge in [0.25, 0.3) is 0 Å². The molecule has 2 aromatic carbocycles. The maximum absolute atomic E-state index is 13.7. The lowest BCUT2D eigenvalue weighted by Gasteiger charge is -2.35. The molecular formula is C25H33Cl2N3O4S. The topological polar surface area (TPSA) is 86.8 Å². The van der Waals surface area contributed by atoms with E-state index in [1.165, 1.54) is 4.90 Å². The summed E-state index contributed by atoms with van der Waals surface area (Å²) in [6, 6.07) is 11.0. The Labute approximate surface area is 218 Å². The van der Waals surface area contributed by atoms with Crippen molar-refractivity contribution in [2.24, 2.45) is 0 Å². The average molecular weight is 543 g/mol. The van der Waals surface area contributed by atoms with Crippen LogP contribution in [0.4, 0.5) is 5.69 Å². The Kier molecular flexibility index (Phi) is 9.62. The Morgan fingerprint density at radius 1 is 1.09 bits per heavy atom. The molecule has 2 rings (SSSR count). The molecular weight excluding hydrogens is 509 g/mol. The van der Waals surface area contributed by atoms with Gasteiger partial charge in [0.05, 0.1) is 11.9 Å². The average Bonchev–Trinajstić information content (AvgIpc) is 2.71. The van der Waals surface area contributed by atoms with Crippen LogP contribution in [-0.2, 0) is 26.2 Å². The zero-order chi connectivity index (χ0) is 26.6. The van der Waals surface area contributed by atoms with Crippen LogP contribution in [0.15, 0.2) is 42.5 Å². The molecule has 0 saturated carbocycles. The number of anilines is 1. The molecule has 0 aromatic heterocycles. The Morgan fingerprint density at radius 2 is 1.71 bits per heavy atom. The van der Waals surface area contributed by atoms with Gasteiger partial charge >= 0.3 is 0 Å². The predicted octanol–water partition coefficient (Wildman–Crippen LogP) is 4.79. The highest BCUT2D eigenvalue weighted by Crippen LogP contribution is 2.26. The number of benzene rings is 2. The predicted molar refractivity (Wildman–Crippen MR) is 142 cm³/mol. The molecule has 192 valence electrons. The van der Waals surface area contributed by atoms with Gasteiger partial charge in [0.2, 0.25) is 21.8 Å². The van der Waals surface area contributed by atoms with E-state index < -0.39 is 34.1 Å². The molecule has 0 bridgehead atoms. The zero-order valence-corrected chi connectivity index (χ0v) is 23.3. The van der Waals surface area contributed by atoms with E-state index in [4.69, 9.17) is 23.2 Å². The van der Waals surface area contributed by atoms with E-state index in [-0.39, 0.29) is 12.5 Å². The van der Waals surface area contributed by atoms with Gasteiger partial charge in [-0.3, -0.25) is 13.9 Å². The summed E-state index contributed by atoms with van der Waals surface area (Å²) in [7, 11) is -3.80. The number of halogens is 2. The molecule has 0 fully saturated rings. The van der Waals surface area contributed by atoms with Crippen LogP contribution in [0, 0.1) is 6.92 Å². The fraction of sp³-hybridized carbons (Fsp3) is 0.440. The maximum atomic E-state index is 13.7. The third-order valence-electron chi connectivity index (χ3n) is 5.30. The van der Waals surface area contributed by atoms with Crippen LogP contribution in [0.25, 0.3) is 0 Å². The number of nitrogens with zero attached hydrogens (tertiary/aromatic N) is 2. The molecule has 35 heavy (non-hydrogen) atoms. The zero-order valence-electron chi connectivity index (χ0n) is 20.9. The van der Waals surface area contributed by atoms with Crippen molar-refractivity contribution < 1.29 is 18.0 Å². The number of carbonyl (C=O) groups is 2. The van der Waals surface area contributed by atoms with Crippen molar-refractivity contribution in [3.63, 3.8) is 0 Å². The SMILES string of the molecule is CC[C@@H](C(=O)NC(C)(C)C)N(Cc1ccc(Cl)cc1Cl)C(=O)CN(c1ccccc1C)S(C)(=O)=O. The van der Waals surface area contributed by atoms with E-state index >= 15 is 0 Å². The van der Waals surface area contributed by atoms with Crippen LogP contribution >= 0.6 is 23.2 Å². The molecule has 7 nitrogen and oxygen atoms in total. The monoisotopic (exact) mass is 541 g/mol. The standard InChI is InChI=1S/C25H33Cl2N3O4S/c1-7-21(24(32)28-25(3,4)5)29(15-18-12-13-19(26)14-20(18)27)23(31)16-30(35(6,33)34)22-11-9-8-10-17(22)2/h8-14,21H,7,15-16H2,1-6H3,(H,28,32)/t21-/m0/s1. The van der Waals surface area contributed by atoms with Gasteiger partial charge in [-0.2, -0.15) is 0 Å². The fourth-order valence-corrected chi connectivity index (χ4v) is 5.02. The molecule has 0 radical (unpaired) electrons. The first-order valence-electron chi connectivity index (χ1n) is 11.2. The second-order valence-corrected chi connectivity index (χ2v) is 12.2. The summed E-state index contributed by atoms with van der Waals surface area (Å²) in [6.45, 7) is 8.67. The van der Waals surface area contributed by atoms with Crippen LogP contribution in [0.5, 0.6) is 0 Å². The van der Waals surface area contributed by atoms with Gasteiger partial charge in [0.1, 0.15) is 12.6 Å². The van der Waals surface area contributed by atoms with E-state index in [2.05, 4.69) is 5.32 Å². The minimum absolute atomic E-state index is 0.0102. The van der Waals surface area contributed by atoms with Gasteiger partial charge in [-0.25, -0.2) is 8.42 Å². The van der Waals surface area contributed by atoms with Crippen LogP contribution in [0.1, 0.15) is 45.2 Å². The number of hydrogen-bond acceptors (Lipinski definition) is 4. The Balaban J connectivity index is 2.51. The number of amides is 2. The number of para-hydroxylation sites is 1. The summed E-state index contributed by atoms with van der Waals surface area (Å²) in [5.74, 6) is -0.860. The molecule has 0 heterocycles. The molecule has 1 atom stereocenters. The number of nitrogens with one attached hydrogen (secondary N) is 1. The van der Waals surface area contributed by atoms with Crippen LogP contribution < -0.4 is 9.62 Å². The number of hydrogen-bond donors (Lipinski definition) is 1. The van der Waals surface area contributed by atoms with E-state index in [1.807, 2.05) is 20.8 Å². The number of carbonyl (C=O) groups excluding carboxylic acids is 2. The summed E-state index contributed by atoms with van der Waals surface area (Å²) in [5.41, 5.74) is 1.18. The van der Waals surface area contributed by atoms with Crippen molar-refractivity contribution in [3.8, 4) is 0 Å². The Bertz CT molecular complexity index is 1180. The normalized spacial score (nSPS) is 12.7. The van der Waals surface area contributed by atoms with Gasteiger partial charge in [0.15, 0.2) is 0 Å². The second-order valence-electron chi connectivity index (χ2n) is 9.48. The summed E-state index contributed by atoms with van der Waals surface area (Å²) < 4.78 is 26.5. The molecule has 0 aliphatic heterocycles. The number of rotatable bonds is 9. The molecule has 2 amide bonds. The third-order valence-corrected chi connectivity index (χ3v) is 7.02. The first-order valence-corrected chi connectivity index (χ1v) is 13.8. The van der Waals surface area contributed by atoms with Crippen LogP contribution in [-0.4, -0.2) is 49.5 Å². The minimum Gasteiger partial charge on any atom is -0.350 e. The second kappa shape index (κ2) is 11.6. The van der Waals surface area contributed by atoms with Gasteiger partial charge in [-0.1, -0.05) is 54.4 Å². The van der Waals surface area contributed by atoms with E-state index in [0.717, 1.165) is 10.6 Å². The first-order chi connectivity index (χ1) is 16.1. The van der Waals surface area contributed by atoms with Crippen molar-refractivity contribution in [3.05, 3.63) is 63.6 Å². The van der Waals surface area contributed by atoms with Gasteiger partial charge in [0, 0.05) is 22.1 Å². The van der Waals surface area contributed by atoms with Crippen molar-refractivity contribution >= 4 is 50.7 Å². The van der Waals surface area contributed by atoms with E-state index in [1.54, 1.807) is 56.3 Å².